The Labute approximate surface area is 178 Å². The second-order valence-corrected chi connectivity index (χ2v) is 6.97. The van der Waals surface area contributed by atoms with Gasteiger partial charge in [-0.05, 0) is 5.92 Å². The Hall–Kier alpha value is -3.48. The fourth-order valence-electron chi connectivity index (χ4n) is 2.67. The molecule has 4 unspecified atom stereocenters. The molecule has 0 aliphatic carbocycles. The summed E-state index contributed by atoms with van der Waals surface area (Å²) < 4.78 is 0. The fraction of sp³-hybridized carbons (Fsp3) is 0.556. The van der Waals surface area contributed by atoms with Gasteiger partial charge in [-0.2, -0.15) is 0 Å². The quantitative estimate of drug-likeness (QED) is 0.180. The zero-order chi connectivity index (χ0) is 23.6. The summed E-state index contributed by atoms with van der Waals surface area (Å²) in [5.74, 6) is -5.43. The third-order valence-electron chi connectivity index (χ3n) is 4.60. The molecule has 172 valence electrons. The van der Waals surface area contributed by atoms with Gasteiger partial charge < -0.3 is 36.9 Å². The lowest BCUT2D eigenvalue weighted by Gasteiger charge is -2.26. The van der Waals surface area contributed by atoms with E-state index in [0.29, 0.717) is 12.1 Å². The zero-order valence-corrected chi connectivity index (χ0v) is 17.3. The molecule has 13 nitrogen and oxygen atoms in total. The largest absolute Gasteiger partial charge is 0.481 e. The number of nitrogens with two attached hydrogens (primary N) is 1. The van der Waals surface area contributed by atoms with Crippen molar-refractivity contribution in [1.82, 2.24) is 25.9 Å². The SMILES string of the molecule is CCC(C)C(NC(=O)CN)C(=O)NC(CC(=O)O)C(=O)NC(Cc1cnc[nH]1)C(=O)O. The molecule has 3 amide bonds. The van der Waals surface area contributed by atoms with Crippen molar-refractivity contribution in [1.29, 1.82) is 0 Å². The summed E-state index contributed by atoms with van der Waals surface area (Å²) >= 11 is 0. The van der Waals surface area contributed by atoms with E-state index in [1.54, 1.807) is 13.8 Å². The number of hydrogen-bond acceptors (Lipinski definition) is 7. The second kappa shape index (κ2) is 12.3. The normalized spacial score (nSPS) is 14.5. The minimum atomic E-state index is -1.56. The van der Waals surface area contributed by atoms with Gasteiger partial charge in [-0.3, -0.25) is 19.2 Å². The van der Waals surface area contributed by atoms with E-state index in [1.807, 2.05) is 0 Å². The average molecular weight is 440 g/mol. The van der Waals surface area contributed by atoms with E-state index in [0.717, 1.165) is 0 Å². The van der Waals surface area contributed by atoms with E-state index in [-0.39, 0.29) is 18.9 Å². The molecule has 1 aromatic rings. The van der Waals surface area contributed by atoms with Gasteiger partial charge in [0.25, 0.3) is 0 Å². The third-order valence-corrected chi connectivity index (χ3v) is 4.60. The van der Waals surface area contributed by atoms with Gasteiger partial charge >= 0.3 is 11.9 Å². The molecule has 13 heteroatoms. The lowest BCUT2D eigenvalue weighted by molar-refractivity contribution is -0.143. The number of H-pyrrole nitrogens is 1. The number of nitrogens with zero attached hydrogens (tertiary/aromatic N) is 1. The first kappa shape index (κ1) is 25.6. The Balaban J connectivity index is 2.97. The van der Waals surface area contributed by atoms with Gasteiger partial charge in [0.1, 0.15) is 18.1 Å². The first-order chi connectivity index (χ1) is 14.6. The molecule has 1 heterocycles. The molecule has 0 aliphatic heterocycles. The number of carbonyl (C=O) groups is 5. The molecular weight excluding hydrogens is 412 g/mol. The van der Waals surface area contributed by atoms with Crippen LogP contribution in [0, 0.1) is 5.92 Å². The van der Waals surface area contributed by atoms with Gasteiger partial charge in [0.05, 0.1) is 19.3 Å². The van der Waals surface area contributed by atoms with E-state index in [1.165, 1.54) is 12.5 Å². The number of carbonyl (C=O) groups excluding carboxylic acids is 3. The molecule has 0 radical (unpaired) electrons. The molecule has 0 bridgehead atoms. The van der Waals surface area contributed by atoms with Crippen molar-refractivity contribution >= 4 is 29.7 Å². The molecule has 0 aromatic carbocycles. The Bertz CT molecular complexity index is 782. The van der Waals surface area contributed by atoms with E-state index in [9.17, 15) is 29.1 Å². The number of amides is 3. The first-order valence-corrected chi connectivity index (χ1v) is 9.61. The molecule has 0 fully saturated rings. The van der Waals surface area contributed by atoms with Crippen LogP contribution in [0.5, 0.6) is 0 Å². The number of aromatic nitrogens is 2. The van der Waals surface area contributed by atoms with Crippen molar-refractivity contribution in [3.63, 3.8) is 0 Å². The molecule has 31 heavy (non-hydrogen) atoms. The maximum absolute atomic E-state index is 12.7. The predicted octanol–water partition coefficient (Wildman–Crippen LogP) is -2.03. The Morgan fingerprint density at radius 3 is 2.23 bits per heavy atom. The molecule has 8 N–H and O–H groups in total. The lowest BCUT2D eigenvalue weighted by Crippen LogP contribution is -2.58. The maximum atomic E-state index is 12.7. The summed E-state index contributed by atoms with van der Waals surface area (Å²) in [7, 11) is 0. The van der Waals surface area contributed by atoms with Crippen LogP contribution in [-0.2, 0) is 30.4 Å². The van der Waals surface area contributed by atoms with Crippen LogP contribution in [0.4, 0.5) is 0 Å². The number of carboxylic acids is 2. The average Bonchev–Trinajstić information content (AvgIpc) is 3.22. The van der Waals surface area contributed by atoms with Gasteiger partial charge in [0.2, 0.25) is 17.7 Å². The molecule has 1 rings (SSSR count). The van der Waals surface area contributed by atoms with Crippen LogP contribution in [-0.4, -0.2) is 74.5 Å². The Morgan fingerprint density at radius 1 is 1.10 bits per heavy atom. The Kier molecular flexibility index (Phi) is 10.1. The number of rotatable bonds is 13. The number of hydrogen-bond donors (Lipinski definition) is 7. The highest BCUT2D eigenvalue weighted by molar-refractivity contribution is 5.95. The van der Waals surface area contributed by atoms with Crippen molar-refractivity contribution in [3.05, 3.63) is 18.2 Å². The van der Waals surface area contributed by atoms with Gasteiger partial charge in [0, 0.05) is 18.3 Å². The minimum absolute atomic E-state index is 0.128. The van der Waals surface area contributed by atoms with Crippen LogP contribution < -0.4 is 21.7 Å². The van der Waals surface area contributed by atoms with Gasteiger partial charge in [-0.15, -0.1) is 0 Å². The molecule has 0 saturated carbocycles. The fourth-order valence-corrected chi connectivity index (χ4v) is 2.67. The number of carboxylic acid groups (broad SMARTS) is 2. The van der Waals surface area contributed by atoms with Crippen LogP contribution in [0.25, 0.3) is 0 Å². The van der Waals surface area contributed by atoms with E-state index in [2.05, 4.69) is 25.9 Å². The topological polar surface area (TPSA) is 217 Å². The standard InChI is InChI=1S/C18H28N6O7/c1-3-9(2)15(24-13(25)6-19)17(29)22-11(5-14(26)27)16(28)23-12(18(30)31)4-10-7-20-8-21-10/h7-9,11-12,15H,3-6,19H2,1-2H3,(H,20,21)(H,22,29)(H,23,28)(H,24,25)(H,26,27)(H,30,31). The molecule has 0 aliphatic rings. The van der Waals surface area contributed by atoms with Crippen LogP contribution in [0.15, 0.2) is 12.5 Å². The summed E-state index contributed by atoms with van der Waals surface area (Å²) in [5, 5.41) is 25.5. The summed E-state index contributed by atoms with van der Waals surface area (Å²) in [5.41, 5.74) is 5.71. The van der Waals surface area contributed by atoms with Crippen LogP contribution in [0.1, 0.15) is 32.4 Å². The highest BCUT2D eigenvalue weighted by Gasteiger charge is 2.32. The van der Waals surface area contributed by atoms with E-state index < -0.39 is 54.2 Å². The van der Waals surface area contributed by atoms with Crippen LogP contribution >= 0.6 is 0 Å². The van der Waals surface area contributed by atoms with Crippen LogP contribution in [0.3, 0.4) is 0 Å². The lowest BCUT2D eigenvalue weighted by atomic mass is 9.97. The van der Waals surface area contributed by atoms with E-state index >= 15 is 0 Å². The van der Waals surface area contributed by atoms with E-state index in [4.69, 9.17) is 10.8 Å². The van der Waals surface area contributed by atoms with Crippen molar-refractivity contribution in [2.45, 2.75) is 51.2 Å². The number of aliphatic carboxylic acids is 2. The monoisotopic (exact) mass is 440 g/mol. The minimum Gasteiger partial charge on any atom is -0.481 e. The number of nitrogens with one attached hydrogen (secondary N) is 4. The predicted molar refractivity (Wildman–Crippen MR) is 106 cm³/mol. The smallest absolute Gasteiger partial charge is 0.326 e. The zero-order valence-electron chi connectivity index (χ0n) is 17.3. The molecule has 0 saturated heterocycles. The third kappa shape index (κ3) is 8.42. The molecule has 0 spiro atoms. The first-order valence-electron chi connectivity index (χ1n) is 9.61. The Morgan fingerprint density at radius 2 is 1.74 bits per heavy atom. The van der Waals surface area contributed by atoms with Crippen molar-refractivity contribution < 1.29 is 34.2 Å². The number of aromatic amines is 1. The maximum Gasteiger partial charge on any atom is 0.326 e. The van der Waals surface area contributed by atoms with Crippen molar-refractivity contribution in [2.24, 2.45) is 11.7 Å². The summed E-state index contributed by atoms with van der Waals surface area (Å²) in [6.07, 6.45) is 2.32. The van der Waals surface area contributed by atoms with Crippen molar-refractivity contribution in [3.8, 4) is 0 Å². The highest BCUT2D eigenvalue weighted by Crippen LogP contribution is 2.09. The summed E-state index contributed by atoms with van der Waals surface area (Å²) in [6.45, 7) is 3.12. The van der Waals surface area contributed by atoms with Gasteiger partial charge in [-0.25, -0.2) is 9.78 Å². The second-order valence-electron chi connectivity index (χ2n) is 6.97. The highest BCUT2D eigenvalue weighted by atomic mass is 16.4. The molecular formula is C18H28N6O7. The van der Waals surface area contributed by atoms with Gasteiger partial charge in [-0.1, -0.05) is 20.3 Å². The summed E-state index contributed by atoms with van der Waals surface area (Å²) in [4.78, 5) is 66.1. The summed E-state index contributed by atoms with van der Waals surface area (Å²) in [6, 6.07) is -4.00. The van der Waals surface area contributed by atoms with Gasteiger partial charge in [0.15, 0.2) is 0 Å². The molecule has 4 atom stereocenters. The molecule has 1 aromatic heterocycles. The number of imidazole rings is 1. The van der Waals surface area contributed by atoms with Crippen molar-refractivity contribution in [2.75, 3.05) is 6.54 Å². The van der Waals surface area contributed by atoms with Crippen LogP contribution in [0.2, 0.25) is 0 Å².